The van der Waals surface area contributed by atoms with Gasteiger partial charge in [0.2, 0.25) is 0 Å². The summed E-state index contributed by atoms with van der Waals surface area (Å²) in [4.78, 5) is 0. The van der Waals surface area contributed by atoms with Crippen molar-refractivity contribution in [1.82, 2.24) is 5.32 Å². The zero-order valence-electron chi connectivity index (χ0n) is 8.31. The lowest BCUT2D eigenvalue weighted by atomic mass is 10.2. The molecule has 1 N–H and O–H groups in total. The third-order valence-electron chi connectivity index (χ3n) is 2.45. The van der Waals surface area contributed by atoms with E-state index in [4.69, 9.17) is 0 Å². The summed E-state index contributed by atoms with van der Waals surface area (Å²) < 4.78 is 0. The van der Waals surface area contributed by atoms with Gasteiger partial charge in [-0.1, -0.05) is 19.8 Å². The molecule has 72 valence electrons. The summed E-state index contributed by atoms with van der Waals surface area (Å²) in [6.07, 6.45) is 5.68. The number of nitrogens with one attached hydrogen (secondary N) is 1. The van der Waals surface area contributed by atoms with Gasteiger partial charge >= 0.3 is 0 Å². The molecule has 1 saturated carbocycles. The Morgan fingerprint density at radius 3 is 2.67 bits per heavy atom. The monoisotopic (exact) mass is 187 g/mol. The second kappa shape index (κ2) is 5.87. The van der Waals surface area contributed by atoms with Gasteiger partial charge in [-0.25, -0.2) is 0 Å². The molecule has 1 aliphatic rings. The fourth-order valence-electron chi connectivity index (χ4n) is 1.84. The zero-order valence-corrected chi connectivity index (χ0v) is 9.12. The Bertz CT molecular complexity index is 110. The maximum atomic E-state index is 3.69. The largest absolute Gasteiger partial charge is 0.311 e. The Hall–Kier alpha value is 0.310. The minimum absolute atomic E-state index is 0.707. The van der Waals surface area contributed by atoms with Crippen LogP contribution in [0.4, 0.5) is 0 Å². The highest BCUT2D eigenvalue weighted by Crippen LogP contribution is 2.18. The van der Waals surface area contributed by atoms with Crippen LogP contribution in [0.15, 0.2) is 0 Å². The molecule has 1 atom stereocenters. The molecule has 0 aromatic heterocycles. The van der Waals surface area contributed by atoms with Crippen molar-refractivity contribution in [1.29, 1.82) is 0 Å². The molecule has 0 radical (unpaired) electrons. The normalized spacial score (nSPS) is 21.5. The second-order valence-electron chi connectivity index (χ2n) is 3.71. The minimum atomic E-state index is 0.707. The molecule has 0 bridgehead atoms. The van der Waals surface area contributed by atoms with E-state index >= 15 is 0 Å². The van der Waals surface area contributed by atoms with E-state index in [0.29, 0.717) is 6.04 Å². The van der Waals surface area contributed by atoms with Gasteiger partial charge in [0.1, 0.15) is 0 Å². The maximum Gasteiger partial charge on any atom is 0.0132 e. The highest BCUT2D eigenvalue weighted by atomic mass is 32.2. The van der Waals surface area contributed by atoms with Crippen molar-refractivity contribution in [2.24, 2.45) is 0 Å². The molecule has 0 aromatic carbocycles. The summed E-state index contributed by atoms with van der Waals surface area (Å²) in [6.45, 7) is 4.54. The molecule has 1 unspecified atom stereocenters. The van der Waals surface area contributed by atoms with E-state index in [2.05, 4.69) is 19.2 Å². The van der Waals surface area contributed by atoms with E-state index < -0.39 is 0 Å². The van der Waals surface area contributed by atoms with Crippen LogP contribution in [0.2, 0.25) is 0 Å². The van der Waals surface area contributed by atoms with Crippen LogP contribution in [0.3, 0.4) is 0 Å². The van der Waals surface area contributed by atoms with Gasteiger partial charge < -0.3 is 5.32 Å². The Labute approximate surface area is 80.7 Å². The summed E-state index contributed by atoms with van der Waals surface area (Å²) >= 11 is 2.04. The maximum absolute atomic E-state index is 3.69. The molecule has 0 heterocycles. The van der Waals surface area contributed by atoms with E-state index in [-0.39, 0.29) is 0 Å². The fraction of sp³-hybridized carbons (Fsp3) is 1.00. The predicted octanol–water partition coefficient (Wildman–Crippen LogP) is 2.66. The first-order valence-corrected chi connectivity index (χ1v) is 6.32. The van der Waals surface area contributed by atoms with Crippen LogP contribution in [0.1, 0.15) is 39.5 Å². The predicted molar refractivity (Wildman–Crippen MR) is 57.9 cm³/mol. The van der Waals surface area contributed by atoms with Gasteiger partial charge in [0.05, 0.1) is 0 Å². The third kappa shape index (κ3) is 3.81. The van der Waals surface area contributed by atoms with Crippen LogP contribution in [-0.4, -0.2) is 23.6 Å². The minimum Gasteiger partial charge on any atom is -0.311 e. The van der Waals surface area contributed by atoms with Gasteiger partial charge in [0, 0.05) is 17.8 Å². The van der Waals surface area contributed by atoms with E-state index in [0.717, 1.165) is 6.04 Å². The molecule has 1 fully saturated rings. The molecule has 0 saturated heterocycles. The standard InChI is InChI=1S/C10H21NS/c1-3-12-8-9(2)11-10-6-4-5-7-10/h9-11H,3-8H2,1-2H3. The van der Waals surface area contributed by atoms with Crippen LogP contribution in [-0.2, 0) is 0 Å². The molecule has 0 amide bonds. The first kappa shape index (κ1) is 10.4. The van der Waals surface area contributed by atoms with Gasteiger partial charge in [-0.15, -0.1) is 0 Å². The van der Waals surface area contributed by atoms with Crippen molar-refractivity contribution in [2.75, 3.05) is 11.5 Å². The van der Waals surface area contributed by atoms with Crippen molar-refractivity contribution in [3.8, 4) is 0 Å². The topological polar surface area (TPSA) is 12.0 Å². The molecule has 0 spiro atoms. The zero-order chi connectivity index (χ0) is 8.81. The Morgan fingerprint density at radius 1 is 1.42 bits per heavy atom. The first-order valence-electron chi connectivity index (χ1n) is 5.16. The molecule has 12 heavy (non-hydrogen) atoms. The lowest BCUT2D eigenvalue weighted by Gasteiger charge is -2.18. The smallest absolute Gasteiger partial charge is 0.0132 e. The van der Waals surface area contributed by atoms with Crippen LogP contribution in [0, 0.1) is 0 Å². The van der Waals surface area contributed by atoms with E-state index in [1.807, 2.05) is 11.8 Å². The quantitative estimate of drug-likeness (QED) is 0.710. The third-order valence-corrected chi connectivity index (χ3v) is 3.59. The fourth-order valence-corrected chi connectivity index (χ4v) is 2.52. The summed E-state index contributed by atoms with van der Waals surface area (Å²) in [6, 6.07) is 1.54. The molecule has 0 aromatic rings. The Morgan fingerprint density at radius 2 is 2.08 bits per heavy atom. The number of thioether (sulfide) groups is 1. The van der Waals surface area contributed by atoms with E-state index in [9.17, 15) is 0 Å². The van der Waals surface area contributed by atoms with Crippen molar-refractivity contribution < 1.29 is 0 Å². The number of hydrogen-bond donors (Lipinski definition) is 1. The summed E-state index contributed by atoms with van der Waals surface area (Å²) in [5.41, 5.74) is 0. The van der Waals surface area contributed by atoms with Gasteiger partial charge in [0.25, 0.3) is 0 Å². The van der Waals surface area contributed by atoms with Crippen molar-refractivity contribution in [3.63, 3.8) is 0 Å². The average Bonchev–Trinajstić information content (AvgIpc) is 2.53. The summed E-state index contributed by atoms with van der Waals surface area (Å²) in [5, 5.41) is 3.69. The SMILES string of the molecule is CCSCC(C)NC1CCCC1. The van der Waals surface area contributed by atoms with Crippen molar-refractivity contribution in [2.45, 2.75) is 51.6 Å². The highest BCUT2D eigenvalue weighted by molar-refractivity contribution is 7.99. The van der Waals surface area contributed by atoms with E-state index in [1.165, 1.54) is 37.2 Å². The van der Waals surface area contributed by atoms with Crippen molar-refractivity contribution >= 4 is 11.8 Å². The molecular weight excluding hydrogens is 166 g/mol. The lowest BCUT2D eigenvalue weighted by Crippen LogP contribution is -2.36. The Balaban J connectivity index is 2.03. The molecular formula is C10H21NS. The van der Waals surface area contributed by atoms with Crippen molar-refractivity contribution in [3.05, 3.63) is 0 Å². The van der Waals surface area contributed by atoms with Crippen LogP contribution >= 0.6 is 11.8 Å². The number of hydrogen-bond acceptors (Lipinski definition) is 2. The lowest BCUT2D eigenvalue weighted by molar-refractivity contribution is 0.475. The first-order chi connectivity index (χ1) is 5.83. The molecule has 2 heteroatoms. The van der Waals surface area contributed by atoms with Gasteiger partial charge in [-0.3, -0.25) is 0 Å². The second-order valence-corrected chi connectivity index (χ2v) is 5.03. The van der Waals surface area contributed by atoms with Crippen LogP contribution in [0.25, 0.3) is 0 Å². The van der Waals surface area contributed by atoms with Crippen LogP contribution in [0.5, 0.6) is 0 Å². The van der Waals surface area contributed by atoms with Gasteiger partial charge in [-0.05, 0) is 25.5 Å². The van der Waals surface area contributed by atoms with Gasteiger partial charge in [-0.2, -0.15) is 11.8 Å². The van der Waals surface area contributed by atoms with Crippen LogP contribution < -0.4 is 5.32 Å². The van der Waals surface area contributed by atoms with E-state index in [1.54, 1.807) is 0 Å². The highest BCUT2D eigenvalue weighted by Gasteiger charge is 2.16. The van der Waals surface area contributed by atoms with Gasteiger partial charge in [0.15, 0.2) is 0 Å². The summed E-state index contributed by atoms with van der Waals surface area (Å²) in [5.74, 6) is 2.52. The number of rotatable bonds is 5. The molecule has 0 aliphatic heterocycles. The molecule has 1 nitrogen and oxygen atoms in total. The summed E-state index contributed by atoms with van der Waals surface area (Å²) in [7, 11) is 0. The Kier molecular flexibility index (Phi) is 5.08. The molecule has 1 aliphatic carbocycles. The molecule has 1 rings (SSSR count). The average molecular weight is 187 g/mol.